The van der Waals surface area contributed by atoms with Crippen molar-refractivity contribution in [3.05, 3.63) is 95.1 Å². The third kappa shape index (κ3) is 8.93. The molecule has 3 aromatic rings. The van der Waals surface area contributed by atoms with Crippen molar-refractivity contribution < 1.29 is 0 Å². The molecule has 3 N–H and O–H groups in total. The number of benzene rings is 2. The van der Waals surface area contributed by atoms with E-state index in [0.29, 0.717) is 36.9 Å². The zero-order valence-corrected chi connectivity index (χ0v) is 23.8. The number of hydrogen-bond acceptors (Lipinski definition) is 7. The fraction of sp³-hybridized carbons (Fsp3) is 0.406. The van der Waals surface area contributed by atoms with E-state index < -0.39 is 0 Å². The number of aromatic nitrogens is 3. The van der Waals surface area contributed by atoms with E-state index in [4.69, 9.17) is 9.97 Å². The van der Waals surface area contributed by atoms with Crippen LogP contribution in [-0.4, -0.2) is 53.7 Å². The second kappa shape index (κ2) is 14.4. The SMILES string of the molecule is CC(C)=CCNc1nc(NCC=C(C)C)nc(N2CCC(NCC(c3ccccc3)c3ccccc3)CC2)n1. The van der Waals surface area contributed by atoms with Gasteiger partial charge in [0.1, 0.15) is 0 Å². The van der Waals surface area contributed by atoms with Gasteiger partial charge in [0.05, 0.1) is 0 Å². The Kier molecular flexibility index (Phi) is 10.5. The zero-order valence-electron chi connectivity index (χ0n) is 23.8. The Bertz CT molecular complexity index is 1130. The molecule has 4 rings (SSSR count). The third-order valence-corrected chi connectivity index (χ3v) is 6.96. The topological polar surface area (TPSA) is 78.0 Å². The highest BCUT2D eigenvalue weighted by atomic mass is 15.3. The first kappa shape index (κ1) is 28.3. The summed E-state index contributed by atoms with van der Waals surface area (Å²) in [6, 6.07) is 22.1. The molecule has 2 aromatic carbocycles. The monoisotopic (exact) mass is 525 g/mol. The highest BCUT2D eigenvalue weighted by molar-refractivity contribution is 5.45. The van der Waals surface area contributed by atoms with Crippen LogP contribution >= 0.6 is 0 Å². The molecular weight excluding hydrogens is 482 g/mol. The Morgan fingerprint density at radius 1 is 0.769 bits per heavy atom. The lowest BCUT2D eigenvalue weighted by Crippen LogP contribution is -2.44. The summed E-state index contributed by atoms with van der Waals surface area (Å²) in [4.78, 5) is 16.4. The molecule has 0 amide bonds. The van der Waals surface area contributed by atoms with E-state index in [2.05, 4.69) is 126 Å². The molecule has 7 heteroatoms. The maximum atomic E-state index is 4.76. The Balaban J connectivity index is 1.39. The van der Waals surface area contributed by atoms with Gasteiger partial charge in [-0.25, -0.2) is 0 Å². The molecule has 0 atom stereocenters. The fourth-order valence-corrected chi connectivity index (χ4v) is 4.72. The normalized spacial score (nSPS) is 13.7. The lowest BCUT2D eigenvalue weighted by Gasteiger charge is -2.33. The average Bonchev–Trinajstić information content (AvgIpc) is 2.94. The Morgan fingerprint density at radius 3 is 1.72 bits per heavy atom. The molecule has 206 valence electrons. The van der Waals surface area contributed by atoms with Gasteiger partial charge in [-0.15, -0.1) is 0 Å². The first-order valence-electron chi connectivity index (χ1n) is 14.1. The van der Waals surface area contributed by atoms with Crippen LogP contribution in [0.3, 0.4) is 0 Å². The number of rotatable bonds is 12. The summed E-state index contributed by atoms with van der Waals surface area (Å²) in [5.41, 5.74) is 5.21. The van der Waals surface area contributed by atoms with E-state index in [1.165, 1.54) is 22.3 Å². The van der Waals surface area contributed by atoms with Crippen LogP contribution < -0.4 is 20.9 Å². The fourth-order valence-electron chi connectivity index (χ4n) is 4.72. The zero-order chi connectivity index (χ0) is 27.5. The van der Waals surface area contributed by atoms with E-state index in [1.54, 1.807) is 0 Å². The highest BCUT2D eigenvalue weighted by Crippen LogP contribution is 2.25. The molecule has 2 heterocycles. The molecular formula is C32H43N7. The quantitative estimate of drug-likeness (QED) is 0.250. The summed E-state index contributed by atoms with van der Waals surface area (Å²) in [7, 11) is 0. The van der Waals surface area contributed by atoms with E-state index in [1.807, 2.05) is 0 Å². The predicted molar refractivity (Wildman–Crippen MR) is 164 cm³/mol. The summed E-state index contributed by atoms with van der Waals surface area (Å²) in [5, 5.41) is 10.5. The number of hydrogen-bond donors (Lipinski definition) is 3. The van der Waals surface area contributed by atoms with Gasteiger partial charge in [-0.3, -0.25) is 0 Å². The van der Waals surface area contributed by atoms with Gasteiger partial charge in [-0.2, -0.15) is 15.0 Å². The lowest BCUT2D eigenvalue weighted by atomic mass is 9.90. The van der Waals surface area contributed by atoms with Gasteiger partial charge in [0.15, 0.2) is 0 Å². The van der Waals surface area contributed by atoms with Gasteiger partial charge in [0.25, 0.3) is 0 Å². The van der Waals surface area contributed by atoms with E-state index in [9.17, 15) is 0 Å². The van der Waals surface area contributed by atoms with Gasteiger partial charge in [-0.1, -0.05) is 84.0 Å². The Morgan fingerprint density at radius 2 is 1.26 bits per heavy atom. The number of nitrogens with zero attached hydrogens (tertiary/aromatic N) is 4. The van der Waals surface area contributed by atoms with Gasteiger partial charge in [0, 0.05) is 44.7 Å². The van der Waals surface area contributed by atoms with Crippen molar-refractivity contribution in [1.29, 1.82) is 0 Å². The van der Waals surface area contributed by atoms with Crippen LogP contribution in [0.5, 0.6) is 0 Å². The number of anilines is 3. The standard InChI is InChI=1S/C32H43N7/c1-24(2)15-19-33-30-36-31(34-20-16-25(3)4)38-32(37-30)39-21-17-28(18-22-39)35-23-29(26-11-7-5-8-12-26)27-13-9-6-10-14-27/h5-16,28-29,35H,17-23H2,1-4H3,(H2,33,34,36,37,38). The lowest BCUT2D eigenvalue weighted by molar-refractivity contribution is 0.407. The van der Waals surface area contributed by atoms with Crippen LogP contribution in [0.25, 0.3) is 0 Å². The maximum Gasteiger partial charge on any atom is 0.231 e. The summed E-state index contributed by atoms with van der Waals surface area (Å²) >= 11 is 0. The second-order valence-electron chi connectivity index (χ2n) is 10.7. The molecule has 1 aliphatic heterocycles. The maximum absolute atomic E-state index is 4.76. The average molecular weight is 526 g/mol. The predicted octanol–water partition coefficient (Wildman–Crippen LogP) is 6.02. The minimum atomic E-state index is 0.331. The smallest absolute Gasteiger partial charge is 0.231 e. The first-order valence-corrected chi connectivity index (χ1v) is 14.1. The van der Waals surface area contributed by atoms with Gasteiger partial charge in [0.2, 0.25) is 17.8 Å². The largest absolute Gasteiger partial charge is 0.351 e. The van der Waals surface area contributed by atoms with Gasteiger partial charge < -0.3 is 20.9 Å². The first-order chi connectivity index (χ1) is 19.0. The molecule has 39 heavy (non-hydrogen) atoms. The molecule has 0 spiro atoms. The molecule has 7 nitrogen and oxygen atoms in total. The van der Waals surface area contributed by atoms with Crippen LogP contribution in [0.2, 0.25) is 0 Å². The number of allylic oxidation sites excluding steroid dienone is 2. The molecule has 1 saturated heterocycles. The third-order valence-electron chi connectivity index (χ3n) is 6.96. The van der Waals surface area contributed by atoms with Crippen LogP contribution in [0.4, 0.5) is 17.8 Å². The molecule has 1 aliphatic rings. The molecule has 0 bridgehead atoms. The van der Waals surface area contributed by atoms with Crippen molar-refractivity contribution in [1.82, 2.24) is 20.3 Å². The molecule has 0 saturated carbocycles. The van der Waals surface area contributed by atoms with E-state index >= 15 is 0 Å². The van der Waals surface area contributed by atoms with Crippen molar-refractivity contribution in [2.24, 2.45) is 0 Å². The minimum Gasteiger partial charge on any atom is -0.351 e. The summed E-state index contributed by atoms with van der Waals surface area (Å²) in [5.74, 6) is 2.27. The van der Waals surface area contributed by atoms with E-state index in [0.717, 1.165) is 38.4 Å². The highest BCUT2D eigenvalue weighted by Gasteiger charge is 2.23. The Labute approximate surface area is 233 Å². The second-order valence-corrected chi connectivity index (χ2v) is 10.7. The van der Waals surface area contributed by atoms with Gasteiger partial charge >= 0.3 is 0 Å². The van der Waals surface area contributed by atoms with Crippen molar-refractivity contribution in [3.8, 4) is 0 Å². The van der Waals surface area contributed by atoms with Crippen LogP contribution in [0.1, 0.15) is 57.6 Å². The summed E-state index contributed by atoms with van der Waals surface area (Å²) in [6.07, 6.45) is 6.36. The van der Waals surface area contributed by atoms with Crippen molar-refractivity contribution in [2.75, 3.05) is 48.3 Å². The van der Waals surface area contributed by atoms with E-state index in [-0.39, 0.29) is 0 Å². The minimum absolute atomic E-state index is 0.331. The summed E-state index contributed by atoms with van der Waals surface area (Å²) in [6.45, 7) is 12.5. The van der Waals surface area contributed by atoms with Crippen molar-refractivity contribution >= 4 is 17.8 Å². The van der Waals surface area contributed by atoms with Crippen LogP contribution in [0, 0.1) is 0 Å². The molecule has 0 radical (unpaired) electrons. The molecule has 1 aromatic heterocycles. The van der Waals surface area contributed by atoms with Crippen molar-refractivity contribution in [3.63, 3.8) is 0 Å². The van der Waals surface area contributed by atoms with Crippen LogP contribution in [0.15, 0.2) is 84.0 Å². The molecule has 0 unspecified atom stereocenters. The molecule has 0 aliphatic carbocycles. The summed E-state index contributed by atoms with van der Waals surface area (Å²) < 4.78 is 0. The number of piperidine rings is 1. The van der Waals surface area contributed by atoms with Gasteiger partial charge in [-0.05, 0) is 51.7 Å². The van der Waals surface area contributed by atoms with Crippen molar-refractivity contribution in [2.45, 2.75) is 52.5 Å². The van der Waals surface area contributed by atoms with Crippen LogP contribution in [-0.2, 0) is 0 Å². The molecule has 1 fully saturated rings. The number of nitrogens with one attached hydrogen (secondary N) is 3. The Hall–Kier alpha value is -3.71.